The zero-order valence-corrected chi connectivity index (χ0v) is 18.1. The summed E-state index contributed by atoms with van der Waals surface area (Å²) in [6.07, 6.45) is 3.94. The van der Waals surface area contributed by atoms with Gasteiger partial charge in [0.25, 0.3) is 0 Å². The highest BCUT2D eigenvalue weighted by Gasteiger charge is 2.29. The lowest BCUT2D eigenvalue weighted by molar-refractivity contribution is 0.392. The molecule has 0 saturated heterocycles. The first-order valence-corrected chi connectivity index (χ1v) is 11.0. The number of nitrogens with zero attached hydrogens (tertiary/aromatic N) is 2. The zero-order valence-electron chi connectivity index (χ0n) is 18.1. The van der Waals surface area contributed by atoms with E-state index in [4.69, 9.17) is 4.42 Å². The molecule has 1 aliphatic carbocycles. The number of fused-ring (bicyclic) bond motifs is 4. The number of para-hydroxylation sites is 1. The first-order chi connectivity index (χ1) is 15.5. The Morgan fingerprint density at radius 3 is 2.53 bits per heavy atom. The van der Waals surface area contributed by atoms with Gasteiger partial charge < -0.3 is 4.42 Å². The average molecular weight is 415 g/mol. The van der Waals surface area contributed by atoms with Crippen LogP contribution in [0.2, 0.25) is 0 Å². The molecule has 0 aliphatic heterocycles. The number of benzene rings is 3. The molecule has 3 heteroatoms. The van der Waals surface area contributed by atoms with Crippen LogP contribution in [-0.4, -0.2) is 4.98 Å². The predicted octanol–water partition coefficient (Wildman–Crippen LogP) is 7.31. The van der Waals surface area contributed by atoms with Crippen LogP contribution < -0.4 is 0 Å². The van der Waals surface area contributed by atoms with Crippen LogP contribution in [-0.2, 0) is 12.8 Å². The van der Waals surface area contributed by atoms with Crippen LogP contribution in [0.15, 0.2) is 77.3 Å². The average Bonchev–Trinajstić information content (AvgIpc) is 3.33. The summed E-state index contributed by atoms with van der Waals surface area (Å²) >= 11 is 0. The second kappa shape index (κ2) is 6.80. The van der Waals surface area contributed by atoms with Gasteiger partial charge in [-0.3, -0.25) is 4.98 Å². The molecule has 0 saturated carbocycles. The largest absolute Gasteiger partial charge is 0.455 e. The molecule has 0 N–H and O–H groups in total. The third kappa shape index (κ3) is 2.84. The van der Waals surface area contributed by atoms with E-state index in [1.54, 1.807) is 6.20 Å². The number of hydrogen-bond acceptors (Lipinski definition) is 3. The number of aromatic nitrogens is 1. The second-order valence-electron chi connectivity index (χ2n) is 9.48. The Kier molecular flexibility index (Phi) is 4.00. The van der Waals surface area contributed by atoms with Crippen LogP contribution in [0.5, 0.6) is 0 Å². The van der Waals surface area contributed by atoms with Gasteiger partial charge in [-0.25, -0.2) is 0 Å². The number of hydrogen-bond donors (Lipinski definition) is 0. The first-order valence-electron chi connectivity index (χ1n) is 11.0. The quantitative estimate of drug-likeness (QED) is 0.304. The lowest BCUT2D eigenvalue weighted by Gasteiger charge is -2.14. The molecular formula is C29H22N2O. The van der Waals surface area contributed by atoms with Gasteiger partial charge in [-0.2, -0.15) is 5.26 Å². The molecule has 154 valence electrons. The summed E-state index contributed by atoms with van der Waals surface area (Å²) in [6, 6.07) is 25.0. The highest BCUT2D eigenvalue weighted by atomic mass is 16.3. The van der Waals surface area contributed by atoms with Gasteiger partial charge in [-0.15, -0.1) is 0 Å². The van der Waals surface area contributed by atoms with E-state index in [1.165, 1.54) is 11.1 Å². The number of rotatable bonds is 2. The maximum atomic E-state index is 9.92. The van der Waals surface area contributed by atoms with Crippen LogP contribution in [0, 0.1) is 16.7 Å². The van der Waals surface area contributed by atoms with Crippen molar-refractivity contribution in [2.75, 3.05) is 0 Å². The molecule has 6 rings (SSSR count). The van der Waals surface area contributed by atoms with Gasteiger partial charge in [-0.05, 0) is 65.3 Å². The molecule has 0 radical (unpaired) electrons. The third-order valence-corrected chi connectivity index (χ3v) is 6.56. The second-order valence-corrected chi connectivity index (χ2v) is 9.48. The normalized spacial score (nSPS) is 14.5. The molecule has 0 bridgehead atoms. The Labute approximate surface area is 186 Å². The minimum absolute atomic E-state index is 0.280. The van der Waals surface area contributed by atoms with Crippen molar-refractivity contribution in [3.05, 3.63) is 89.6 Å². The van der Waals surface area contributed by atoms with Crippen molar-refractivity contribution in [2.45, 2.75) is 26.7 Å². The summed E-state index contributed by atoms with van der Waals surface area (Å²) < 4.78 is 6.54. The van der Waals surface area contributed by atoms with Crippen molar-refractivity contribution in [1.29, 1.82) is 5.26 Å². The van der Waals surface area contributed by atoms with Gasteiger partial charge >= 0.3 is 0 Å². The highest BCUT2D eigenvalue weighted by molar-refractivity contribution is 6.13. The van der Waals surface area contributed by atoms with Gasteiger partial charge in [0.1, 0.15) is 11.2 Å². The third-order valence-electron chi connectivity index (χ3n) is 6.56. The molecule has 0 atom stereocenters. The molecule has 0 fully saturated rings. The molecule has 5 aromatic rings. The van der Waals surface area contributed by atoms with Gasteiger partial charge in [0.15, 0.2) is 0 Å². The van der Waals surface area contributed by atoms with E-state index in [9.17, 15) is 5.26 Å². The van der Waals surface area contributed by atoms with E-state index in [2.05, 4.69) is 49.2 Å². The summed E-state index contributed by atoms with van der Waals surface area (Å²) in [5.74, 6) is 0. The molecule has 0 unspecified atom stereocenters. The zero-order chi connectivity index (χ0) is 21.9. The molecule has 32 heavy (non-hydrogen) atoms. The minimum atomic E-state index is 0.280. The topological polar surface area (TPSA) is 49.8 Å². The molecule has 0 amide bonds. The maximum Gasteiger partial charge on any atom is 0.144 e. The molecule has 3 nitrogen and oxygen atoms in total. The Balaban J connectivity index is 1.63. The minimum Gasteiger partial charge on any atom is -0.455 e. The molecular weight excluding hydrogens is 392 g/mol. The van der Waals surface area contributed by atoms with Crippen molar-refractivity contribution < 1.29 is 4.42 Å². The van der Waals surface area contributed by atoms with E-state index in [0.29, 0.717) is 5.56 Å². The van der Waals surface area contributed by atoms with E-state index in [-0.39, 0.29) is 5.41 Å². The van der Waals surface area contributed by atoms with Gasteiger partial charge in [-0.1, -0.05) is 50.2 Å². The van der Waals surface area contributed by atoms with E-state index < -0.39 is 0 Å². The smallest absolute Gasteiger partial charge is 0.144 e. The van der Waals surface area contributed by atoms with Crippen LogP contribution in [0.3, 0.4) is 0 Å². The highest BCUT2D eigenvalue weighted by Crippen LogP contribution is 2.43. The molecule has 0 spiro atoms. The Bertz CT molecular complexity index is 1550. The molecule has 2 aromatic heterocycles. The molecule has 3 aromatic carbocycles. The van der Waals surface area contributed by atoms with Gasteiger partial charge in [0, 0.05) is 28.1 Å². The van der Waals surface area contributed by atoms with Crippen LogP contribution >= 0.6 is 0 Å². The fraction of sp³-hybridized carbons (Fsp3) is 0.172. The van der Waals surface area contributed by atoms with Crippen molar-refractivity contribution in [3.8, 4) is 28.5 Å². The Morgan fingerprint density at radius 1 is 0.875 bits per heavy atom. The van der Waals surface area contributed by atoms with Crippen LogP contribution in [0.25, 0.3) is 44.3 Å². The van der Waals surface area contributed by atoms with E-state index in [1.807, 2.05) is 42.5 Å². The monoisotopic (exact) mass is 414 g/mol. The van der Waals surface area contributed by atoms with Crippen molar-refractivity contribution in [1.82, 2.24) is 4.98 Å². The summed E-state index contributed by atoms with van der Waals surface area (Å²) in [7, 11) is 0. The fourth-order valence-electron chi connectivity index (χ4n) is 5.18. The Morgan fingerprint density at radius 2 is 1.72 bits per heavy atom. The van der Waals surface area contributed by atoms with Crippen molar-refractivity contribution in [2.24, 2.45) is 5.41 Å². The SMILES string of the molecule is CC1(C)Cc2ccc(-c3c(C#N)ccc4c3oc3c(-c5ccccn5)cccc34)cc2C1. The predicted molar refractivity (Wildman–Crippen MR) is 128 cm³/mol. The summed E-state index contributed by atoms with van der Waals surface area (Å²) in [5.41, 5.74) is 9.01. The maximum absolute atomic E-state index is 9.92. The van der Waals surface area contributed by atoms with E-state index in [0.717, 1.165) is 57.2 Å². The van der Waals surface area contributed by atoms with Crippen LogP contribution in [0.1, 0.15) is 30.5 Å². The fourth-order valence-corrected chi connectivity index (χ4v) is 5.18. The van der Waals surface area contributed by atoms with Gasteiger partial charge in [0.2, 0.25) is 0 Å². The molecule has 2 heterocycles. The van der Waals surface area contributed by atoms with Crippen LogP contribution in [0.4, 0.5) is 0 Å². The van der Waals surface area contributed by atoms with Crippen molar-refractivity contribution in [3.63, 3.8) is 0 Å². The summed E-state index contributed by atoms with van der Waals surface area (Å²) in [4.78, 5) is 4.52. The lowest BCUT2D eigenvalue weighted by Crippen LogP contribution is -2.09. The summed E-state index contributed by atoms with van der Waals surface area (Å²) in [5, 5.41) is 12.0. The summed E-state index contributed by atoms with van der Waals surface area (Å²) in [6.45, 7) is 4.62. The van der Waals surface area contributed by atoms with Crippen molar-refractivity contribution >= 4 is 21.9 Å². The number of furan rings is 1. The standard InChI is InChI=1S/C29H22N2O/c1-29(2)15-19-10-9-18(14-21(19)16-29)26-20(17-30)11-12-23-22-6-5-7-24(27(22)32-28(23)26)25-8-3-4-13-31-25/h3-14H,15-16H2,1-2H3. The number of pyridine rings is 1. The van der Waals surface area contributed by atoms with Gasteiger partial charge in [0.05, 0.1) is 17.3 Å². The number of nitriles is 1. The first kappa shape index (κ1) is 18.8. The Hall–Kier alpha value is -3.90. The van der Waals surface area contributed by atoms with E-state index >= 15 is 0 Å². The lowest BCUT2D eigenvalue weighted by atomic mass is 9.90. The molecule has 1 aliphatic rings.